The van der Waals surface area contributed by atoms with Gasteiger partial charge in [-0.1, -0.05) is 13.0 Å². The van der Waals surface area contributed by atoms with E-state index in [1.807, 2.05) is 17.8 Å². The highest BCUT2D eigenvalue weighted by molar-refractivity contribution is 7.99. The summed E-state index contributed by atoms with van der Waals surface area (Å²) in [5, 5.41) is 6.93. The number of thioether (sulfide) groups is 1. The lowest BCUT2D eigenvalue weighted by atomic mass is 10.5. The van der Waals surface area contributed by atoms with E-state index < -0.39 is 0 Å². The molecule has 3 nitrogen and oxygen atoms in total. The molecule has 0 heterocycles. The van der Waals surface area contributed by atoms with Crippen molar-refractivity contribution in [1.82, 2.24) is 10.6 Å². The molecule has 0 rings (SSSR count). The van der Waals surface area contributed by atoms with E-state index in [1.54, 1.807) is 7.05 Å². The summed E-state index contributed by atoms with van der Waals surface area (Å²) >= 11 is 1.84. The smallest absolute Gasteiger partial charge is 0.191 e. The lowest BCUT2D eigenvalue weighted by Crippen LogP contribution is -2.39. The Labute approximate surface area is 85.1 Å². The summed E-state index contributed by atoms with van der Waals surface area (Å²) in [7, 11) is 1.77. The maximum atomic E-state index is 4.07. The van der Waals surface area contributed by atoms with Crippen molar-refractivity contribution in [2.24, 2.45) is 4.99 Å². The molecular formula is C9H19N3S. The molecule has 0 aromatic carbocycles. The molecule has 0 aliphatic carbocycles. The first-order chi connectivity index (χ1) is 6.24. The van der Waals surface area contributed by atoms with Crippen molar-refractivity contribution < 1.29 is 0 Å². The van der Waals surface area contributed by atoms with Crippen LogP contribution in [0.25, 0.3) is 0 Å². The van der Waals surface area contributed by atoms with Gasteiger partial charge in [0, 0.05) is 25.4 Å². The molecular weight excluding hydrogens is 182 g/mol. The minimum atomic E-state index is 0.599. The fourth-order valence-corrected chi connectivity index (χ4v) is 0.963. The van der Waals surface area contributed by atoms with E-state index in [0.717, 1.165) is 19.0 Å². The summed E-state index contributed by atoms with van der Waals surface area (Å²) in [6, 6.07) is 0. The summed E-state index contributed by atoms with van der Waals surface area (Å²) in [6.07, 6.45) is 3.91. The number of hydrogen-bond donors (Lipinski definition) is 2. The average molecular weight is 201 g/mol. The van der Waals surface area contributed by atoms with Crippen LogP contribution in [0.3, 0.4) is 0 Å². The average Bonchev–Trinajstić information content (AvgIpc) is 2.17. The summed E-state index contributed by atoms with van der Waals surface area (Å²) in [4.78, 5) is 4.07. The van der Waals surface area contributed by atoms with Gasteiger partial charge < -0.3 is 10.6 Å². The van der Waals surface area contributed by atoms with Gasteiger partial charge in [-0.05, 0) is 6.26 Å². The van der Waals surface area contributed by atoms with Crippen molar-refractivity contribution in [3.05, 3.63) is 12.7 Å². The van der Waals surface area contributed by atoms with Crippen LogP contribution in [-0.4, -0.2) is 37.6 Å². The maximum Gasteiger partial charge on any atom is 0.191 e. The first kappa shape index (κ1) is 12.4. The van der Waals surface area contributed by atoms with Gasteiger partial charge in [-0.2, -0.15) is 11.8 Å². The third-order valence-electron chi connectivity index (χ3n) is 1.60. The molecule has 76 valence electrons. The van der Waals surface area contributed by atoms with Crippen LogP contribution in [0.1, 0.15) is 6.92 Å². The summed E-state index contributed by atoms with van der Waals surface area (Å²) in [5.74, 6) is 0.834. The zero-order valence-electron chi connectivity index (χ0n) is 8.63. The van der Waals surface area contributed by atoms with Crippen molar-refractivity contribution >= 4 is 17.7 Å². The quantitative estimate of drug-likeness (QED) is 0.397. The van der Waals surface area contributed by atoms with Crippen molar-refractivity contribution in [3.8, 4) is 0 Å². The van der Waals surface area contributed by atoms with E-state index in [0.29, 0.717) is 5.25 Å². The Hall–Kier alpha value is -0.640. The SMILES string of the molecule is C=CCNC(=NC)NCC(C)SC. The normalized spacial score (nSPS) is 13.6. The monoisotopic (exact) mass is 201 g/mol. The minimum absolute atomic E-state index is 0.599. The van der Waals surface area contributed by atoms with Crippen LogP contribution >= 0.6 is 11.8 Å². The Balaban J connectivity index is 3.66. The molecule has 0 spiro atoms. The van der Waals surface area contributed by atoms with E-state index in [1.165, 1.54) is 0 Å². The van der Waals surface area contributed by atoms with Gasteiger partial charge in [-0.15, -0.1) is 6.58 Å². The molecule has 2 N–H and O–H groups in total. The Morgan fingerprint density at radius 2 is 2.31 bits per heavy atom. The zero-order chi connectivity index (χ0) is 10.1. The number of rotatable bonds is 5. The van der Waals surface area contributed by atoms with Crippen molar-refractivity contribution in [1.29, 1.82) is 0 Å². The molecule has 1 atom stereocenters. The third-order valence-corrected chi connectivity index (χ3v) is 2.57. The molecule has 0 aliphatic heterocycles. The molecule has 0 fully saturated rings. The highest BCUT2D eigenvalue weighted by Crippen LogP contribution is 2.01. The van der Waals surface area contributed by atoms with Gasteiger partial charge in [0.1, 0.15) is 0 Å². The van der Waals surface area contributed by atoms with Crippen LogP contribution in [0.5, 0.6) is 0 Å². The van der Waals surface area contributed by atoms with Gasteiger partial charge in [0.25, 0.3) is 0 Å². The molecule has 0 saturated carbocycles. The molecule has 0 aromatic heterocycles. The molecule has 0 radical (unpaired) electrons. The molecule has 4 heteroatoms. The highest BCUT2D eigenvalue weighted by Gasteiger charge is 2.00. The van der Waals surface area contributed by atoms with Gasteiger partial charge in [-0.3, -0.25) is 4.99 Å². The van der Waals surface area contributed by atoms with E-state index in [4.69, 9.17) is 0 Å². The number of nitrogens with zero attached hydrogens (tertiary/aromatic N) is 1. The zero-order valence-corrected chi connectivity index (χ0v) is 9.45. The second-order valence-electron chi connectivity index (χ2n) is 2.67. The van der Waals surface area contributed by atoms with Crippen LogP contribution in [0.4, 0.5) is 0 Å². The maximum absolute atomic E-state index is 4.07. The van der Waals surface area contributed by atoms with Gasteiger partial charge in [0.05, 0.1) is 0 Å². The summed E-state index contributed by atoms with van der Waals surface area (Å²) < 4.78 is 0. The molecule has 1 unspecified atom stereocenters. The standard InChI is InChI=1S/C9H19N3S/c1-5-6-11-9(10-3)12-7-8(2)13-4/h5,8H,1,6-7H2,2-4H3,(H2,10,11,12). The first-order valence-electron chi connectivity index (χ1n) is 4.32. The summed E-state index contributed by atoms with van der Waals surface area (Å²) in [6.45, 7) is 7.48. The molecule has 0 aliphatic rings. The number of guanidine groups is 1. The molecule has 0 amide bonds. The highest BCUT2D eigenvalue weighted by atomic mass is 32.2. The largest absolute Gasteiger partial charge is 0.355 e. The number of aliphatic imine (C=N–C) groups is 1. The van der Waals surface area contributed by atoms with Crippen molar-refractivity contribution in [2.45, 2.75) is 12.2 Å². The Bertz CT molecular complexity index is 168. The molecule has 0 saturated heterocycles. The van der Waals surface area contributed by atoms with Crippen LogP contribution in [0, 0.1) is 0 Å². The Morgan fingerprint density at radius 3 is 2.77 bits per heavy atom. The van der Waals surface area contributed by atoms with E-state index in [2.05, 4.69) is 35.4 Å². The van der Waals surface area contributed by atoms with Crippen molar-refractivity contribution in [3.63, 3.8) is 0 Å². The molecule has 13 heavy (non-hydrogen) atoms. The van der Waals surface area contributed by atoms with E-state index in [-0.39, 0.29) is 0 Å². The number of hydrogen-bond acceptors (Lipinski definition) is 2. The van der Waals surface area contributed by atoms with Crippen molar-refractivity contribution in [2.75, 3.05) is 26.4 Å². The molecule has 0 bridgehead atoms. The third kappa shape index (κ3) is 6.51. The Kier molecular flexibility index (Phi) is 7.59. The van der Waals surface area contributed by atoms with E-state index in [9.17, 15) is 0 Å². The van der Waals surface area contributed by atoms with Gasteiger partial charge in [0.2, 0.25) is 0 Å². The second kappa shape index (κ2) is 7.98. The predicted octanol–water partition coefficient (Wildman–Crippen LogP) is 1.09. The van der Waals surface area contributed by atoms with E-state index >= 15 is 0 Å². The van der Waals surface area contributed by atoms with Crippen LogP contribution in [-0.2, 0) is 0 Å². The number of nitrogens with one attached hydrogen (secondary N) is 2. The first-order valence-corrected chi connectivity index (χ1v) is 5.61. The summed E-state index contributed by atoms with van der Waals surface area (Å²) in [5.41, 5.74) is 0. The fraction of sp³-hybridized carbons (Fsp3) is 0.667. The predicted molar refractivity (Wildman–Crippen MR) is 62.5 cm³/mol. The lowest BCUT2D eigenvalue weighted by molar-refractivity contribution is 0.816. The minimum Gasteiger partial charge on any atom is -0.355 e. The van der Waals surface area contributed by atoms with Crippen LogP contribution in [0.2, 0.25) is 0 Å². The van der Waals surface area contributed by atoms with Gasteiger partial charge in [-0.25, -0.2) is 0 Å². The Morgan fingerprint density at radius 1 is 1.62 bits per heavy atom. The van der Waals surface area contributed by atoms with Gasteiger partial charge >= 0.3 is 0 Å². The van der Waals surface area contributed by atoms with Crippen LogP contribution < -0.4 is 10.6 Å². The van der Waals surface area contributed by atoms with Crippen LogP contribution in [0.15, 0.2) is 17.6 Å². The topological polar surface area (TPSA) is 36.4 Å². The lowest BCUT2D eigenvalue weighted by Gasteiger charge is -2.13. The molecule has 0 aromatic rings. The second-order valence-corrected chi connectivity index (χ2v) is 3.95. The van der Waals surface area contributed by atoms with Gasteiger partial charge in [0.15, 0.2) is 5.96 Å². The fourth-order valence-electron chi connectivity index (χ4n) is 0.713.